The minimum absolute atomic E-state index is 0.148. The number of methoxy groups -OCH3 is 1. The maximum Gasteiger partial charge on any atom is 0.336 e. The van der Waals surface area contributed by atoms with Gasteiger partial charge >= 0.3 is 5.63 Å². The maximum absolute atomic E-state index is 11.2. The molecule has 102 valence electrons. The predicted molar refractivity (Wildman–Crippen MR) is 70.6 cm³/mol. The summed E-state index contributed by atoms with van der Waals surface area (Å²) in [5.41, 5.74) is 0.984. The van der Waals surface area contributed by atoms with Crippen LogP contribution in [-0.2, 0) is 4.74 Å². The number of hydrogen-bond acceptors (Lipinski definition) is 5. The third kappa shape index (κ3) is 3.33. The first-order chi connectivity index (χ1) is 9.10. The Balaban J connectivity index is 2.20. The molecule has 0 bridgehead atoms. The molecule has 1 heterocycles. The Kier molecular flexibility index (Phi) is 4.19. The van der Waals surface area contributed by atoms with Crippen LogP contribution in [0.15, 0.2) is 33.5 Å². The van der Waals surface area contributed by atoms with Gasteiger partial charge in [-0.2, -0.15) is 0 Å². The van der Waals surface area contributed by atoms with Crippen LogP contribution in [0, 0.1) is 6.92 Å². The van der Waals surface area contributed by atoms with Crippen LogP contribution in [0.1, 0.15) is 5.56 Å². The zero-order valence-electron chi connectivity index (χ0n) is 10.9. The molecule has 0 amide bonds. The first-order valence-corrected chi connectivity index (χ1v) is 5.94. The van der Waals surface area contributed by atoms with E-state index in [4.69, 9.17) is 13.9 Å². The SMILES string of the molecule is COCC(O)COc1ccc2oc(=O)cc(C)c2c1. The van der Waals surface area contributed by atoms with Crippen LogP contribution in [0.5, 0.6) is 5.75 Å². The summed E-state index contributed by atoms with van der Waals surface area (Å²) in [7, 11) is 1.52. The molecule has 5 heteroatoms. The van der Waals surface area contributed by atoms with E-state index in [1.165, 1.54) is 13.2 Å². The lowest BCUT2D eigenvalue weighted by molar-refractivity contribution is 0.0326. The average molecular weight is 264 g/mol. The highest BCUT2D eigenvalue weighted by Gasteiger charge is 2.07. The Morgan fingerprint density at radius 2 is 2.11 bits per heavy atom. The van der Waals surface area contributed by atoms with Gasteiger partial charge in [-0.1, -0.05) is 0 Å². The van der Waals surface area contributed by atoms with Crippen LogP contribution < -0.4 is 10.4 Å². The monoisotopic (exact) mass is 264 g/mol. The van der Waals surface area contributed by atoms with E-state index in [2.05, 4.69) is 0 Å². The van der Waals surface area contributed by atoms with Gasteiger partial charge in [0.1, 0.15) is 24.0 Å². The molecule has 0 fully saturated rings. The number of hydrogen-bond donors (Lipinski definition) is 1. The van der Waals surface area contributed by atoms with Crippen molar-refractivity contribution in [3.8, 4) is 5.75 Å². The molecular weight excluding hydrogens is 248 g/mol. The maximum atomic E-state index is 11.2. The van der Waals surface area contributed by atoms with E-state index < -0.39 is 6.10 Å². The van der Waals surface area contributed by atoms with Gasteiger partial charge in [0.15, 0.2) is 0 Å². The molecule has 0 spiro atoms. The van der Waals surface area contributed by atoms with Gasteiger partial charge in [0.25, 0.3) is 0 Å². The summed E-state index contributed by atoms with van der Waals surface area (Å²) in [6.07, 6.45) is -0.671. The molecule has 0 aliphatic heterocycles. The third-order valence-electron chi connectivity index (χ3n) is 2.72. The van der Waals surface area contributed by atoms with Gasteiger partial charge in [0.05, 0.1) is 6.61 Å². The van der Waals surface area contributed by atoms with E-state index in [9.17, 15) is 9.90 Å². The number of ether oxygens (including phenoxy) is 2. The van der Waals surface area contributed by atoms with E-state index in [1.807, 2.05) is 6.92 Å². The topological polar surface area (TPSA) is 68.9 Å². The summed E-state index contributed by atoms with van der Waals surface area (Å²) in [6.45, 7) is 2.21. The highest BCUT2D eigenvalue weighted by molar-refractivity contribution is 5.81. The number of benzene rings is 1. The summed E-state index contributed by atoms with van der Waals surface area (Å²) in [6, 6.07) is 6.60. The van der Waals surface area contributed by atoms with Crippen molar-refractivity contribution < 1.29 is 19.0 Å². The van der Waals surface area contributed by atoms with E-state index in [1.54, 1.807) is 18.2 Å². The Hall–Kier alpha value is -1.85. The Morgan fingerprint density at radius 1 is 1.32 bits per heavy atom. The molecule has 1 unspecified atom stereocenters. The number of rotatable bonds is 5. The van der Waals surface area contributed by atoms with Gasteiger partial charge in [-0.3, -0.25) is 0 Å². The standard InChI is InChI=1S/C14H16O5/c1-9-5-14(16)19-13-4-3-11(6-12(9)13)18-8-10(15)7-17-2/h3-6,10,15H,7-8H2,1-2H3. The second-order valence-electron chi connectivity index (χ2n) is 4.33. The first kappa shape index (κ1) is 13.6. The summed E-state index contributed by atoms with van der Waals surface area (Å²) in [5, 5.41) is 10.3. The van der Waals surface area contributed by atoms with Gasteiger partial charge in [-0.25, -0.2) is 4.79 Å². The molecule has 0 saturated heterocycles. The quantitative estimate of drug-likeness (QED) is 0.828. The lowest BCUT2D eigenvalue weighted by Crippen LogP contribution is -2.22. The fraction of sp³-hybridized carbons (Fsp3) is 0.357. The van der Waals surface area contributed by atoms with Crippen molar-refractivity contribution in [1.29, 1.82) is 0 Å². The number of fused-ring (bicyclic) bond motifs is 1. The first-order valence-electron chi connectivity index (χ1n) is 5.94. The largest absolute Gasteiger partial charge is 0.491 e. The van der Waals surface area contributed by atoms with Crippen LogP contribution >= 0.6 is 0 Å². The van der Waals surface area contributed by atoms with Gasteiger partial charge < -0.3 is 19.0 Å². The summed E-state index contributed by atoms with van der Waals surface area (Å²) in [4.78, 5) is 11.2. The molecule has 2 aromatic rings. The van der Waals surface area contributed by atoms with Crippen LogP contribution in [0.2, 0.25) is 0 Å². The summed E-state index contributed by atoms with van der Waals surface area (Å²) >= 11 is 0. The summed E-state index contributed by atoms with van der Waals surface area (Å²) in [5.74, 6) is 0.611. The van der Waals surface area contributed by atoms with Crippen molar-refractivity contribution in [3.05, 3.63) is 40.2 Å². The van der Waals surface area contributed by atoms with Crippen molar-refractivity contribution in [2.75, 3.05) is 20.3 Å². The number of aliphatic hydroxyl groups is 1. The van der Waals surface area contributed by atoms with E-state index in [0.29, 0.717) is 11.3 Å². The molecule has 0 saturated carbocycles. The minimum Gasteiger partial charge on any atom is -0.491 e. The molecule has 1 aromatic carbocycles. The number of aryl methyl sites for hydroxylation is 1. The smallest absolute Gasteiger partial charge is 0.336 e. The molecule has 5 nitrogen and oxygen atoms in total. The Morgan fingerprint density at radius 3 is 2.84 bits per heavy atom. The Labute approximate surface area is 110 Å². The van der Waals surface area contributed by atoms with Crippen molar-refractivity contribution >= 4 is 11.0 Å². The van der Waals surface area contributed by atoms with Crippen LogP contribution in [0.3, 0.4) is 0 Å². The molecule has 1 atom stereocenters. The molecule has 1 aromatic heterocycles. The average Bonchev–Trinajstić information content (AvgIpc) is 2.37. The van der Waals surface area contributed by atoms with Gasteiger partial charge in [-0.15, -0.1) is 0 Å². The normalized spacial score (nSPS) is 12.6. The zero-order valence-corrected chi connectivity index (χ0v) is 10.9. The van der Waals surface area contributed by atoms with Crippen molar-refractivity contribution in [2.45, 2.75) is 13.0 Å². The fourth-order valence-corrected chi connectivity index (χ4v) is 1.82. The predicted octanol–water partition coefficient (Wildman–Crippen LogP) is 1.49. The van der Waals surface area contributed by atoms with Crippen LogP contribution in [0.25, 0.3) is 11.0 Å². The minimum atomic E-state index is -0.671. The molecule has 19 heavy (non-hydrogen) atoms. The highest BCUT2D eigenvalue weighted by atomic mass is 16.5. The number of aliphatic hydroxyl groups excluding tert-OH is 1. The Bertz CT molecular complexity index is 617. The van der Waals surface area contributed by atoms with Gasteiger partial charge in [0.2, 0.25) is 0 Å². The molecule has 1 N–H and O–H groups in total. The van der Waals surface area contributed by atoms with Crippen LogP contribution in [-0.4, -0.2) is 31.5 Å². The van der Waals surface area contributed by atoms with Gasteiger partial charge in [-0.05, 0) is 30.7 Å². The van der Waals surface area contributed by atoms with E-state index in [0.717, 1.165) is 10.9 Å². The second-order valence-corrected chi connectivity index (χ2v) is 4.33. The fourth-order valence-electron chi connectivity index (χ4n) is 1.82. The summed E-state index contributed by atoms with van der Waals surface area (Å²) < 4.78 is 15.4. The molecular formula is C14H16O5. The molecule has 0 aliphatic rings. The van der Waals surface area contributed by atoms with E-state index >= 15 is 0 Å². The lowest BCUT2D eigenvalue weighted by Gasteiger charge is -2.12. The van der Waals surface area contributed by atoms with Crippen LogP contribution in [0.4, 0.5) is 0 Å². The zero-order chi connectivity index (χ0) is 13.8. The lowest BCUT2D eigenvalue weighted by atomic mass is 10.1. The second kappa shape index (κ2) is 5.86. The van der Waals surface area contributed by atoms with Crippen molar-refractivity contribution in [2.24, 2.45) is 0 Å². The molecule has 0 radical (unpaired) electrons. The molecule has 0 aliphatic carbocycles. The van der Waals surface area contributed by atoms with Crippen molar-refractivity contribution in [3.63, 3.8) is 0 Å². The highest BCUT2D eigenvalue weighted by Crippen LogP contribution is 2.22. The van der Waals surface area contributed by atoms with Gasteiger partial charge in [0, 0.05) is 18.6 Å². The third-order valence-corrected chi connectivity index (χ3v) is 2.72. The van der Waals surface area contributed by atoms with Crippen molar-refractivity contribution in [1.82, 2.24) is 0 Å². The van der Waals surface area contributed by atoms with E-state index in [-0.39, 0.29) is 18.8 Å². The molecule has 2 rings (SSSR count).